The Morgan fingerprint density at radius 3 is 2.56 bits per heavy atom. The smallest absolute Gasteiger partial charge is 0.222 e. The summed E-state index contributed by atoms with van der Waals surface area (Å²) in [7, 11) is 0. The largest absolute Gasteiger partial charge is 0.343 e. The van der Waals surface area contributed by atoms with Crippen molar-refractivity contribution in [3.63, 3.8) is 0 Å². The lowest BCUT2D eigenvalue weighted by atomic mass is 9.93. The molecule has 1 rings (SSSR count). The van der Waals surface area contributed by atoms with E-state index in [1.54, 1.807) is 0 Å². The molecular formula is C15H30N2O. The van der Waals surface area contributed by atoms with Gasteiger partial charge >= 0.3 is 0 Å². The number of hydrogen-bond donors (Lipinski definition) is 1. The van der Waals surface area contributed by atoms with Crippen LogP contribution in [-0.4, -0.2) is 37.0 Å². The maximum absolute atomic E-state index is 12.2. The Bertz CT molecular complexity index is 237. The summed E-state index contributed by atoms with van der Waals surface area (Å²) in [5, 5.41) is 3.37. The molecule has 0 aromatic rings. The Hall–Kier alpha value is -0.570. The fraction of sp³-hybridized carbons (Fsp3) is 0.933. The zero-order chi connectivity index (χ0) is 13.4. The van der Waals surface area contributed by atoms with Gasteiger partial charge in [-0.2, -0.15) is 0 Å². The molecule has 0 saturated carbocycles. The van der Waals surface area contributed by atoms with Gasteiger partial charge in [-0.05, 0) is 51.1 Å². The van der Waals surface area contributed by atoms with E-state index < -0.39 is 0 Å². The van der Waals surface area contributed by atoms with Gasteiger partial charge < -0.3 is 10.2 Å². The van der Waals surface area contributed by atoms with Crippen LogP contribution in [0.4, 0.5) is 0 Å². The maximum Gasteiger partial charge on any atom is 0.222 e. The first-order valence-corrected chi connectivity index (χ1v) is 7.65. The molecule has 1 aliphatic heterocycles. The third-order valence-corrected chi connectivity index (χ3v) is 4.19. The van der Waals surface area contributed by atoms with Crippen LogP contribution in [0.3, 0.4) is 0 Å². The molecule has 1 aliphatic rings. The van der Waals surface area contributed by atoms with Gasteiger partial charge in [-0.15, -0.1) is 0 Å². The Labute approximate surface area is 112 Å². The summed E-state index contributed by atoms with van der Waals surface area (Å²) in [5.74, 6) is 1.74. The van der Waals surface area contributed by atoms with Crippen LogP contribution in [0.15, 0.2) is 0 Å². The van der Waals surface area contributed by atoms with Crippen molar-refractivity contribution >= 4 is 5.91 Å². The summed E-state index contributed by atoms with van der Waals surface area (Å²) in [5.41, 5.74) is 0. The predicted molar refractivity (Wildman–Crippen MR) is 76.5 cm³/mol. The van der Waals surface area contributed by atoms with Crippen LogP contribution < -0.4 is 5.32 Å². The monoisotopic (exact) mass is 254 g/mol. The van der Waals surface area contributed by atoms with Crippen LogP contribution in [0, 0.1) is 11.8 Å². The third-order valence-electron chi connectivity index (χ3n) is 4.19. The first kappa shape index (κ1) is 15.5. The first-order valence-electron chi connectivity index (χ1n) is 7.65. The Morgan fingerprint density at radius 2 is 2.00 bits per heavy atom. The number of hydrogen-bond acceptors (Lipinski definition) is 2. The number of carbonyl (C=O) groups is 1. The van der Waals surface area contributed by atoms with Gasteiger partial charge in [-0.1, -0.05) is 20.3 Å². The lowest BCUT2D eigenvalue weighted by Crippen LogP contribution is -2.35. The highest BCUT2D eigenvalue weighted by atomic mass is 16.2. The Balaban J connectivity index is 2.27. The van der Waals surface area contributed by atoms with Gasteiger partial charge in [0.2, 0.25) is 5.91 Å². The van der Waals surface area contributed by atoms with Crippen molar-refractivity contribution in [3.8, 4) is 0 Å². The van der Waals surface area contributed by atoms with Gasteiger partial charge in [-0.25, -0.2) is 0 Å². The summed E-state index contributed by atoms with van der Waals surface area (Å²) >= 11 is 0. The molecule has 0 aliphatic carbocycles. The highest BCUT2D eigenvalue weighted by Crippen LogP contribution is 2.18. The maximum atomic E-state index is 12.2. The van der Waals surface area contributed by atoms with Crippen LogP contribution >= 0.6 is 0 Å². The van der Waals surface area contributed by atoms with Gasteiger partial charge in [0.15, 0.2) is 0 Å². The van der Waals surface area contributed by atoms with Crippen LogP contribution in [0.1, 0.15) is 52.9 Å². The predicted octanol–water partition coefficient (Wildman–Crippen LogP) is 2.66. The second-order valence-electron chi connectivity index (χ2n) is 5.68. The number of rotatable bonds is 7. The molecule has 18 heavy (non-hydrogen) atoms. The number of piperidine rings is 1. The summed E-state index contributed by atoms with van der Waals surface area (Å²) in [6, 6.07) is 0. The van der Waals surface area contributed by atoms with E-state index in [1.807, 2.05) is 4.90 Å². The van der Waals surface area contributed by atoms with Crippen molar-refractivity contribution in [2.75, 3.05) is 26.2 Å². The average molecular weight is 254 g/mol. The lowest BCUT2D eigenvalue weighted by Gasteiger charge is -2.26. The molecule has 0 bridgehead atoms. The minimum absolute atomic E-state index is 0.358. The summed E-state index contributed by atoms with van der Waals surface area (Å²) in [4.78, 5) is 14.2. The molecule has 0 spiro atoms. The van der Waals surface area contributed by atoms with Crippen molar-refractivity contribution in [2.24, 2.45) is 11.8 Å². The van der Waals surface area contributed by atoms with Crippen molar-refractivity contribution in [3.05, 3.63) is 0 Å². The molecule has 106 valence electrons. The van der Waals surface area contributed by atoms with E-state index in [-0.39, 0.29) is 0 Å². The summed E-state index contributed by atoms with van der Waals surface area (Å²) in [6.45, 7) is 10.5. The molecule has 0 radical (unpaired) electrons. The molecule has 0 aromatic carbocycles. The van der Waals surface area contributed by atoms with Crippen molar-refractivity contribution in [1.29, 1.82) is 0 Å². The molecule has 1 unspecified atom stereocenters. The Morgan fingerprint density at radius 1 is 1.33 bits per heavy atom. The first-order chi connectivity index (χ1) is 8.67. The minimum Gasteiger partial charge on any atom is -0.343 e. The fourth-order valence-electron chi connectivity index (χ4n) is 2.57. The third kappa shape index (κ3) is 5.38. The normalized spacial score (nSPS) is 18.6. The van der Waals surface area contributed by atoms with E-state index >= 15 is 0 Å². The van der Waals surface area contributed by atoms with Gasteiger partial charge in [0.05, 0.1) is 0 Å². The van der Waals surface area contributed by atoms with Crippen LogP contribution in [0.5, 0.6) is 0 Å². The number of carbonyl (C=O) groups excluding carboxylic acids is 1. The average Bonchev–Trinajstić information content (AvgIpc) is 2.42. The number of amides is 1. The molecule has 1 saturated heterocycles. The quantitative estimate of drug-likeness (QED) is 0.757. The van der Waals surface area contributed by atoms with Crippen LogP contribution in [0.2, 0.25) is 0 Å². The van der Waals surface area contributed by atoms with E-state index in [2.05, 4.69) is 26.1 Å². The summed E-state index contributed by atoms with van der Waals surface area (Å²) in [6.07, 6.45) is 5.46. The molecule has 1 atom stereocenters. The second kappa shape index (κ2) is 8.52. The zero-order valence-electron chi connectivity index (χ0n) is 12.4. The molecule has 1 N–H and O–H groups in total. The van der Waals surface area contributed by atoms with E-state index in [4.69, 9.17) is 0 Å². The van der Waals surface area contributed by atoms with Crippen molar-refractivity contribution < 1.29 is 4.79 Å². The molecule has 1 fully saturated rings. The van der Waals surface area contributed by atoms with E-state index in [1.165, 1.54) is 12.8 Å². The van der Waals surface area contributed by atoms with Crippen molar-refractivity contribution in [1.82, 2.24) is 10.2 Å². The molecule has 1 heterocycles. The zero-order valence-corrected chi connectivity index (χ0v) is 12.4. The van der Waals surface area contributed by atoms with Gasteiger partial charge in [0.1, 0.15) is 0 Å². The van der Waals surface area contributed by atoms with Crippen molar-refractivity contribution in [2.45, 2.75) is 52.9 Å². The van der Waals surface area contributed by atoms with Crippen LogP contribution in [0.25, 0.3) is 0 Å². The number of nitrogens with one attached hydrogen (secondary N) is 1. The van der Waals surface area contributed by atoms with E-state index in [9.17, 15) is 4.79 Å². The van der Waals surface area contributed by atoms with Gasteiger partial charge in [0, 0.05) is 19.5 Å². The van der Waals surface area contributed by atoms with E-state index in [0.29, 0.717) is 11.8 Å². The standard InChI is InChI=1S/C15H30N2O/c1-4-13(3)12-17(5-2)15(18)7-6-14-8-10-16-11-9-14/h13-14,16H,4-12H2,1-3H3. The lowest BCUT2D eigenvalue weighted by molar-refractivity contribution is -0.132. The molecule has 3 nitrogen and oxygen atoms in total. The minimum atomic E-state index is 0.358. The number of nitrogens with zero attached hydrogens (tertiary/aromatic N) is 1. The van der Waals surface area contributed by atoms with Crippen LogP contribution in [-0.2, 0) is 4.79 Å². The molecule has 3 heteroatoms. The van der Waals surface area contributed by atoms with Gasteiger partial charge in [-0.3, -0.25) is 4.79 Å². The van der Waals surface area contributed by atoms with E-state index in [0.717, 1.165) is 51.4 Å². The fourth-order valence-corrected chi connectivity index (χ4v) is 2.57. The SMILES string of the molecule is CCC(C)CN(CC)C(=O)CCC1CCNCC1. The highest BCUT2D eigenvalue weighted by Gasteiger charge is 2.18. The topological polar surface area (TPSA) is 32.3 Å². The second-order valence-corrected chi connectivity index (χ2v) is 5.68. The molecular weight excluding hydrogens is 224 g/mol. The van der Waals surface area contributed by atoms with Gasteiger partial charge in [0.25, 0.3) is 0 Å². The molecule has 1 amide bonds. The highest BCUT2D eigenvalue weighted by molar-refractivity contribution is 5.76. The Kier molecular flexibility index (Phi) is 7.33. The molecule has 0 aromatic heterocycles. The summed E-state index contributed by atoms with van der Waals surface area (Å²) < 4.78 is 0.